The second-order valence-corrected chi connectivity index (χ2v) is 6.75. The molecule has 0 unspecified atom stereocenters. The van der Waals surface area contributed by atoms with Crippen molar-refractivity contribution in [3.05, 3.63) is 23.8 Å². The predicted octanol–water partition coefficient (Wildman–Crippen LogP) is 2.94. The molecule has 134 valence electrons. The summed E-state index contributed by atoms with van der Waals surface area (Å²) in [6.07, 6.45) is 2.01. The maximum atomic E-state index is 12.5. The summed E-state index contributed by atoms with van der Waals surface area (Å²) in [4.78, 5) is 14.9. The zero-order chi connectivity index (χ0) is 17.5. The van der Waals surface area contributed by atoms with Gasteiger partial charge in [-0.05, 0) is 43.5 Å². The van der Waals surface area contributed by atoms with E-state index in [1.807, 2.05) is 6.07 Å². The Kier molecular flexibility index (Phi) is 6.91. The molecule has 0 saturated carbocycles. The van der Waals surface area contributed by atoms with E-state index in [2.05, 4.69) is 31.0 Å². The van der Waals surface area contributed by atoms with Crippen molar-refractivity contribution in [1.29, 1.82) is 0 Å². The molecule has 0 aromatic heterocycles. The lowest BCUT2D eigenvalue weighted by Gasteiger charge is -2.31. The summed E-state index contributed by atoms with van der Waals surface area (Å²) in [5.41, 5.74) is 0.613. The van der Waals surface area contributed by atoms with Crippen LogP contribution < -0.4 is 14.8 Å². The minimum Gasteiger partial charge on any atom is -0.493 e. The number of methoxy groups -OCH3 is 1. The highest BCUT2D eigenvalue weighted by Crippen LogP contribution is 2.28. The Morgan fingerprint density at radius 1 is 1.29 bits per heavy atom. The molecule has 1 N–H and O–H groups in total. The zero-order valence-electron chi connectivity index (χ0n) is 15.3. The third-order valence-electron chi connectivity index (χ3n) is 4.37. The number of carbonyl (C=O) groups excluding carboxylic acids is 1. The molecule has 1 heterocycles. The summed E-state index contributed by atoms with van der Waals surface area (Å²) in [5.74, 6) is 1.67. The first-order valence-electron chi connectivity index (χ1n) is 8.87. The van der Waals surface area contributed by atoms with Crippen LogP contribution in [0.5, 0.6) is 11.5 Å². The van der Waals surface area contributed by atoms with Crippen molar-refractivity contribution in [2.24, 2.45) is 5.92 Å². The van der Waals surface area contributed by atoms with Gasteiger partial charge in [0.05, 0.1) is 13.7 Å². The highest BCUT2D eigenvalue weighted by atomic mass is 16.5. The standard InChI is InChI=1S/C19H30N2O3/c1-5-21-10-8-16(9-11-21)20-19(22)15-6-7-17(18(12-15)23-4)24-13-14(2)3/h6-7,12,14,16H,5,8-11,13H2,1-4H3,(H,20,22). The highest BCUT2D eigenvalue weighted by molar-refractivity contribution is 5.95. The van der Waals surface area contributed by atoms with E-state index in [-0.39, 0.29) is 11.9 Å². The molecule has 1 aromatic rings. The van der Waals surface area contributed by atoms with E-state index in [0.29, 0.717) is 29.6 Å². The summed E-state index contributed by atoms with van der Waals surface area (Å²) < 4.78 is 11.1. The van der Waals surface area contributed by atoms with Crippen LogP contribution in [0.15, 0.2) is 18.2 Å². The number of nitrogens with one attached hydrogen (secondary N) is 1. The fourth-order valence-corrected chi connectivity index (χ4v) is 2.85. The Hall–Kier alpha value is -1.75. The summed E-state index contributed by atoms with van der Waals surface area (Å²) in [6, 6.07) is 5.62. The van der Waals surface area contributed by atoms with Crippen LogP contribution in [0.3, 0.4) is 0 Å². The van der Waals surface area contributed by atoms with E-state index < -0.39 is 0 Å². The number of ether oxygens (including phenoxy) is 2. The Labute approximate surface area is 145 Å². The smallest absolute Gasteiger partial charge is 0.251 e. The minimum atomic E-state index is -0.0429. The van der Waals surface area contributed by atoms with Crippen molar-refractivity contribution in [2.45, 2.75) is 39.7 Å². The van der Waals surface area contributed by atoms with Gasteiger partial charge in [0.25, 0.3) is 5.91 Å². The second-order valence-electron chi connectivity index (χ2n) is 6.75. The third kappa shape index (κ3) is 5.13. The molecule has 0 aliphatic carbocycles. The molecule has 1 fully saturated rings. The normalized spacial score (nSPS) is 16.2. The van der Waals surface area contributed by atoms with Crippen LogP contribution in [-0.4, -0.2) is 50.2 Å². The average Bonchev–Trinajstić information content (AvgIpc) is 2.60. The first kappa shape index (κ1) is 18.6. The molecule has 5 heteroatoms. The van der Waals surface area contributed by atoms with Crippen LogP contribution in [-0.2, 0) is 0 Å². The fraction of sp³-hybridized carbons (Fsp3) is 0.632. The maximum absolute atomic E-state index is 12.5. The van der Waals surface area contributed by atoms with Crippen molar-refractivity contribution in [2.75, 3.05) is 33.4 Å². The molecule has 24 heavy (non-hydrogen) atoms. The molecular formula is C19H30N2O3. The number of piperidine rings is 1. The maximum Gasteiger partial charge on any atom is 0.251 e. The quantitative estimate of drug-likeness (QED) is 0.833. The van der Waals surface area contributed by atoms with Gasteiger partial charge in [0, 0.05) is 24.7 Å². The first-order chi connectivity index (χ1) is 11.5. The lowest BCUT2D eigenvalue weighted by Crippen LogP contribution is -2.44. The molecule has 1 aliphatic rings. The lowest BCUT2D eigenvalue weighted by atomic mass is 10.0. The van der Waals surface area contributed by atoms with E-state index >= 15 is 0 Å². The van der Waals surface area contributed by atoms with Crippen LogP contribution in [0.1, 0.15) is 44.0 Å². The molecule has 1 aliphatic heterocycles. The topological polar surface area (TPSA) is 50.8 Å². The molecule has 0 spiro atoms. The van der Waals surface area contributed by atoms with E-state index in [4.69, 9.17) is 9.47 Å². The van der Waals surface area contributed by atoms with Crippen molar-refractivity contribution < 1.29 is 14.3 Å². The molecule has 1 aromatic carbocycles. The number of hydrogen-bond donors (Lipinski definition) is 1. The van der Waals surface area contributed by atoms with Crippen LogP contribution in [0.25, 0.3) is 0 Å². The van der Waals surface area contributed by atoms with Gasteiger partial charge in [0.2, 0.25) is 0 Å². The Balaban J connectivity index is 1.96. The van der Waals surface area contributed by atoms with Gasteiger partial charge in [0.1, 0.15) is 0 Å². The minimum absolute atomic E-state index is 0.0429. The van der Waals surface area contributed by atoms with Crippen LogP contribution in [0.2, 0.25) is 0 Å². The van der Waals surface area contributed by atoms with Gasteiger partial charge in [-0.2, -0.15) is 0 Å². The average molecular weight is 334 g/mol. The largest absolute Gasteiger partial charge is 0.493 e. The second kappa shape index (κ2) is 8.92. The first-order valence-corrected chi connectivity index (χ1v) is 8.87. The van der Waals surface area contributed by atoms with Crippen molar-refractivity contribution in [1.82, 2.24) is 10.2 Å². The molecule has 2 rings (SSSR count). The number of carbonyl (C=O) groups is 1. The number of hydrogen-bond acceptors (Lipinski definition) is 4. The summed E-state index contributed by atoms with van der Waals surface area (Å²) in [6.45, 7) is 10.2. The van der Waals surface area contributed by atoms with Crippen molar-refractivity contribution in [3.63, 3.8) is 0 Å². The summed E-state index contributed by atoms with van der Waals surface area (Å²) >= 11 is 0. The SMILES string of the molecule is CCN1CCC(NC(=O)c2ccc(OCC(C)C)c(OC)c2)CC1. The van der Waals surface area contributed by atoms with Crippen LogP contribution in [0.4, 0.5) is 0 Å². The van der Waals surface area contributed by atoms with Gasteiger partial charge >= 0.3 is 0 Å². The third-order valence-corrected chi connectivity index (χ3v) is 4.37. The lowest BCUT2D eigenvalue weighted by molar-refractivity contribution is 0.0912. The molecule has 0 bridgehead atoms. The number of rotatable bonds is 7. The fourth-order valence-electron chi connectivity index (χ4n) is 2.85. The van der Waals surface area contributed by atoms with Gasteiger partial charge < -0.3 is 19.7 Å². The Bertz CT molecular complexity index is 537. The van der Waals surface area contributed by atoms with Gasteiger partial charge in [-0.25, -0.2) is 0 Å². The van der Waals surface area contributed by atoms with E-state index in [1.165, 1.54) is 0 Å². The molecule has 1 amide bonds. The Morgan fingerprint density at radius 3 is 2.58 bits per heavy atom. The highest BCUT2D eigenvalue weighted by Gasteiger charge is 2.20. The van der Waals surface area contributed by atoms with Crippen LogP contribution in [0, 0.1) is 5.92 Å². The zero-order valence-corrected chi connectivity index (χ0v) is 15.3. The molecule has 0 atom stereocenters. The van der Waals surface area contributed by atoms with Crippen molar-refractivity contribution >= 4 is 5.91 Å². The molecule has 1 saturated heterocycles. The number of amides is 1. The van der Waals surface area contributed by atoms with Gasteiger partial charge in [-0.15, -0.1) is 0 Å². The van der Waals surface area contributed by atoms with E-state index in [9.17, 15) is 4.79 Å². The number of nitrogens with zero attached hydrogens (tertiary/aromatic N) is 1. The van der Waals surface area contributed by atoms with Crippen molar-refractivity contribution in [3.8, 4) is 11.5 Å². The molecule has 5 nitrogen and oxygen atoms in total. The monoisotopic (exact) mass is 334 g/mol. The van der Waals surface area contributed by atoms with Gasteiger partial charge in [0.15, 0.2) is 11.5 Å². The number of likely N-dealkylation sites (tertiary alicyclic amines) is 1. The molecular weight excluding hydrogens is 304 g/mol. The molecule has 0 radical (unpaired) electrons. The van der Waals surface area contributed by atoms with Gasteiger partial charge in [-0.3, -0.25) is 4.79 Å². The van der Waals surface area contributed by atoms with E-state index in [1.54, 1.807) is 19.2 Å². The predicted molar refractivity (Wildman–Crippen MR) is 95.9 cm³/mol. The summed E-state index contributed by atoms with van der Waals surface area (Å²) in [7, 11) is 1.60. The Morgan fingerprint density at radius 2 is 2.00 bits per heavy atom. The van der Waals surface area contributed by atoms with Gasteiger partial charge in [-0.1, -0.05) is 20.8 Å². The summed E-state index contributed by atoms with van der Waals surface area (Å²) in [5, 5.41) is 3.14. The number of benzene rings is 1. The van der Waals surface area contributed by atoms with Crippen LogP contribution >= 0.6 is 0 Å². The van der Waals surface area contributed by atoms with E-state index in [0.717, 1.165) is 32.5 Å².